The summed E-state index contributed by atoms with van der Waals surface area (Å²) in [5, 5.41) is 11.6. The highest BCUT2D eigenvalue weighted by Crippen LogP contribution is 2.32. The zero-order valence-electron chi connectivity index (χ0n) is 12.1. The number of carbonyl (C=O) groups is 2. The zero-order valence-corrected chi connectivity index (χ0v) is 12.1. The maximum absolute atomic E-state index is 11.6. The van der Waals surface area contributed by atoms with Crippen molar-refractivity contribution in [3.8, 4) is 0 Å². The number of rotatable bonds is 5. The van der Waals surface area contributed by atoms with Gasteiger partial charge in [-0.15, -0.1) is 0 Å². The second-order valence-corrected chi connectivity index (χ2v) is 6.29. The molecule has 0 radical (unpaired) electrons. The van der Waals surface area contributed by atoms with Gasteiger partial charge >= 0.3 is 12.1 Å². The number of alkyl carbamates (subject to hydrolysis) is 1. The van der Waals surface area contributed by atoms with Gasteiger partial charge in [-0.3, -0.25) is 4.79 Å². The van der Waals surface area contributed by atoms with Crippen molar-refractivity contribution < 1.29 is 19.4 Å². The van der Waals surface area contributed by atoms with E-state index in [4.69, 9.17) is 9.84 Å². The molecule has 1 aliphatic rings. The fourth-order valence-corrected chi connectivity index (χ4v) is 2.59. The van der Waals surface area contributed by atoms with Crippen molar-refractivity contribution in [2.45, 2.75) is 58.5 Å². The Bertz CT molecular complexity index is 316. The van der Waals surface area contributed by atoms with Crippen LogP contribution in [0.25, 0.3) is 0 Å². The van der Waals surface area contributed by atoms with Crippen LogP contribution < -0.4 is 5.32 Å². The molecule has 1 amide bonds. The average molecular weight is 271 g/mol. The molecule has 5 heteroatoms. The monoisotopic (exact) mass is 271 g/mol. The van der Waals surface area contributed by atoms with Crippen LogP contribution in [-0.2, 0) is 9.53 Å². The Morgan fingerprint density at radius 2 is 1.89 bits per heavy atom. The molecule has 110 valence electrons. The third-order valence-corrected chi connectivity index (χ3v) is 3.41. The first-order valence-corrected chi connectivity index (χ1v) is 6.96. The lowest BCUT2D eigenvalue weighted by molar-refractivity contribution is -0.138. The minimum atomic E-state index is -0.803. The summed E-state index contributed by atoms with van der Waals surface area (Å²) in [5.41, 5.74) is -0.528. The van der Waals surface area contributed by atoms with Gasteiger partial charge in [0, 0.05) is 6.54 Å². The Morgan fingerprint density at radius 1 is 1.32 bits per heavy atom. The van der Waals surface area contributed by atoms with Crippen LogP contribution in [0.3, 0.4) is 0 Å². The average Bonchev–Trinajstić information content (AvgIpc) is 2.74. The summed E-state index contributed by atoms with van der Waals surface area (Å²) in [4.78, 5) is 22.5. The Hall–Kier alpha value is -1.26. The number of aliphatic carboxylic acids is 1. The Balaban J connectivity index is 2.44. The van der Waals surface area contributed by atoms with Crippen LogP contribution in [0.5, 0.6) is 0 Å². The molecule has 1 atom stereocenters. The Labute approximate surface area is 114 Å². The van der Waals surface area contributed by atoms with E-state index in [1.54, 1.807) is 20.8 Å². The second kappa shape index (κ2) is 6.78. The van der Waals surface area contributed by atoms with Crippen molar-refractivity contribution >= 4 is 12.1 Å². The van der Waals surface area contributed by atoms with Crippen molar-refractivity contribution in [1.82, 2.24) is 5.32 Å². The molecule has 1 aliphatic carbocycles. The van der Waals surface area contributed by atoms with Crippen LogP contribution >= 0.6 is 0 Å². The topological polar surface area (TPSA) is 75.6 Å². The molecule has 19 heavy (non-hydrogen) atoms. The number of carbonyl (C=O) groups excluding carboxylic acids is 1. The lowest BCUT2D eigenvalue weighted by Gasteiger charge is -2.24. The molecule has 0 aromatic rings. The van der Waals surface area contributed by atoms with E-state index >= 15 is 0 Å². The van der Waals surface area contributed by atoms with E-state index in [1.807, 2.05) is 0 Å². The lowest BCUT2D eigenvalue weighted by Crippen LogP contribution is -2.37. The van der Waals surface area contributed by atoms with Crippen LogP contribution in [0, 0.1) is 11.8 Å². The number of hydrogen-bond acceptors (Lipinski definition) is 3. The van der Waals surface area contributed by atoms with Crippen molar-refractivity contribution in [2.24, 2.45) is 11.8 Å². The lowest BCUT2D eigenvalue weighted by atomic mass is 9.88. The van der Waals surface area contributed by atoms with Gasteiger partial charge < -0.3 is 15.2 Å². The molecule has 0 heterocycles. The third kappa shape index (κ3) is 6.45. The van der Waals surface area contributed by atoms with Gasteiger partial charge in [-0.1, -0.05) is 25.7 Å². The highest BCUT2D eigenvalue weighted by atomic mass is 16.6. The molecule has 1 saturated carbocycles. The van der Waals surface area contributed by atoms with E-state index in [1.165, 1.54) is 0 Å². The summed E-state index contributed by atoms with van der Waals surface area (Å²) in [6.45, 7) is 5.79. The van der Waals surface area contributed by atoms with E-state index in [9.17, 15) is 9.59 Å². The molecule has 0 saturated heterocycles. The van der Waals surface area contributed by atoms with Crippen LogP contribution in [-0.4, -0.2) is 29.3 Å². The van der Waals surface area contributed by atoms with Crippen LogP contribution in [0.2, 0.25) is 0 Å². The minimum absolute atomic E-state index is 0.00696. The molecule has 0 aromatic carbocycles. The summed E-state index contributed by atoms with van der Waals surface area (Å²) in [6.07, 6.45) is 4.09. The number of ether oxygens (including phenoxy) is 1. The largest absolute Gasteiger partial charge is 0.481 e. The van der Waals surface area contributed by atoms with Crippen LogP contribution in [0.1, 0.15) is 52.9 Å². The molecule has 5 nitrogen and oxygen atoms in total. The van der Waals surface area contributed by atoms with Gasteiger partial charge in [0.05, 0.1) is 6.42 Å². The van der Waals surface area contributed by atoms with Gasteiger partial charge in [0.1, 0.15) is 5.60 Å². The van der Waals surface area contributed by atoms with Gasteiger partial charge in [0.25, 0.3) is 0 Å². The summed E-state index contributed by atoms with van der Waals surface area (Å²) < 4.78 is 5.16. The highest BCUT2D eigenvalue weighted by Gasteiger charge is 2.27. The number of carboxylic acid groups (broad SMARTS) is 1. The normalized spacial score (nSPS) is 18.1. The number of hydrogen-bond donors (Lipinski definition) is 2. The summed E-state index contributed by atoms with van der Waals surface area (Å²) in [6, 6.07) is 0. The van der Waals surface area contributed by atoms with Gasteiger partial charge in [-0.05, 0) is 32.6 Å². The molecule has 1 fully saturated rings. The molecular formula is C14H25NO4. The van der Waals surface area contributed by atoms with Crippen molar-refractivity contribution in [3.63, 3.8) is 0 Å². The standard InChI is InChI=1S/C14H25NO4/c1-14(2,3)19-13(18)15-9-11(8-12(16)17)10-6-4-5-7-10/h10-11H,4-9H2,1-3H3,(H,15,18)(H,16,17). The summed E-state index contributed by atoms with van der Waals surface area (Å²) in [7, 11) is 0. The molecule has 1 rings (SSSR count). The first-order valence-electron chi connectivity index (χ1n) is 6.96. The number of nitrogens with one attached hydrogen (secondary N) is 1. The summed E-state index contributed by atoms with van der Waals surface area (Å²) >= 11 is 0. The van der Waals surface area contributed by atoms with Crippen LogP contribution in [0.4, 0.5) is 4.79 Å². The molecule has 0 aromatic heterocycles. The first-order chi connectivity index (χ1) is 8.78. The molecule has 0 bridgehead atoms. The highest BCUT2D eigenvalue weighted by molar-refractivity contribution is 5.69. The van der Waals surface area contributed by atoms with Crippen LogP contribution in [0.15, 0.2) is 0 Å². The maximum Gasteiger partial charge on any atom is 0.407 e. The molecule has 2 N–H and O–H groups in total. The van der Waals surface area contributed by atoms with Crippen molar-refractivity contribution in [1.29, 1.82) is 0 Å². The number of amides is 1. The fourth-order valence-electron chi connectivity index (χ4n) is 2.59. The second-order valence-electron chi connectivity index (χ2n) is 6.29. The smallest absolute Gasteiger partial charge is 0.407 e. The maximum atomic E-state index is 11.6. The molecule has 1 unspecified atom stereocenters. The van der Waals surface area contributed by atoms with E-state index in [0.29, 0.717) is 12.5 Å². The molecular weight excluding hydrogens is 246 g/mol. The predicted molar refractivity (Wildman–Crippen MR) is 71.9 cm³/mol. The van der Waals surface area contributed by atoms with Gasteiger partial charge in [-0.25, -0.2) is 4.79 Å². The Kier molecular flexibility index (Phi) is 5.63. The van der Waals surface area contributed by atoms with Gasteiger partial charge in [0.15, 0.2) is 0 Å². The minimum Gasteiger partial charge on any atom is -0.481 e. The first kappa shape index (κ1) is 15.8. The predicted octanol–water partition coefficient (Wildman–Crippen LogP) is 2.79. The molecule has 0 aliphatic heterocycles. The van der Waals surface area contributed by atoms with Gasteiger partial charge in [0.2, 0.25) is 0 Å². The van der Waals surface area contributed by atoms with E-state index < -0.39 is 17.7 Å². The van der Waals surface area contributed by atoms with E-state index in [2.05, 4.69) is 5.32 Å². The quantitative estimate of drug-likeness (QED) is 0.806. The fraction of sp³-hybridized carbons (Fsp3) is 0.857. The summed E-state index contributed by atoms with van der Waals surface area (Å²) in [5.74, 6) is -0.388. The van der Waals surface area contributed by atoms with Crippen molar-refractivity contribution in [3.05, 3.63) is 0 Å². The van der Waals surface area contributed by atoms with Gasteiger partial charge in [-0.2, -0.15) is 0 Å². The zero-order chi connectivity index (χ0) is 14.5. The Morgan fingerprint density at radius 3 is 2.37 bits per heavy atom. The third-order valence-electron chi connectivity index (χ3n) is 3.41. The molecule has 0 spiro atoms. The number of carboxylic acids is 1. The van der Waals surface area contributed by atoms with E-state index in [-0.39, 0.29) is 12.3 Å². The SMILES string of the molecule is CC(C)(C)OC(=O)NCC(CC(=O)O)C1CCCC1. The van der Waals surface area contributed by atoms with E-state index in [0.717, 1.165) is 25.7 Å². The van der Waals surface area contributed by atoms with Crippen molar-refractivity contribution in [2.75, 3.05) is 6.54 Å².